The van der Waals surface area contributed by atoms with Crippen molar-refractivity contribution < 1.29 is 13.5 Å². The van der Waals surface area contributed by atoms with Gasteiger partial charge in [0.05, 0.1) is 17.5 Å². The molecule has 0 aliphatic heterocycles. The SMILES string of the molecule is CCC(NS(=O)(=O)c1cc(CO)ccc1C)c1cccs1. The van der Waals surface area contributed by atoms with Crippen molar-refractivity contribution in [3.63, 3.8) is 0 Å². The standard InChI is InChI=1S/C15H19NO3S2/c1-3-13(14-5-4-8-20-14)16-21(18,19)15-9-12(10-17)7-6-11(15)2/h4-9,13,16-17H,3,10H2,1-2H3. The number of thiophene rings is 1. The molecule has 2 rings (SSSR count). The van der Waals surface area contributed by atoms with Crippen LogP contribution in [0.1, 0.15) is 35.4 Å². The molecule has 0 saturated carbocycles. The van der Waals surface area contributed by atoms with E-state index in [9.17, 15) is 13.5 Å². The van der Waals surface area contributed by atoms with E-state index in [1.807, 2.05) is 24.4 Å². The summed E-state index contributed by atoms with van der Waals surface area (Å²) in [5, 5.41) is 11.1. The van der Waals surface area contributed by atoms with E-state index in [0.717, 1.165) is 4.88 Å². The van der Waals surface area contributed by atoms with E-state index in [1.165, 1.54) is 17.4 Å². The molecule has 0 aliphatic rings. The van der Waals surface area contributed by atoms with Crippen LogP contribution in [0.15, 0.2) is 40.6 Å². The third kappa shape index (κ3) is 3.71. The quantitative estimate of drug-likeness (QED) is 0.858. The third-order valence-corrected chi connectivity index (χ3v) is 5.92. The fourth-order valence-corrected chi connectivity index (χ4v) is 4.64. The fraction of sp³-hybridized carbons (Fsp3) is 0.333. The summed E-state index contributed by atoms with van der Waals surface area (Å²) >= 11 is 1.54. The highest BCUT2D eigenvalue weighted by Gasteiger charge is 2.22. The van der Waals surface area contributed by atoms with Crippen LogP contribution < -0.4 is 4.72 Å². The predicted octanol–water partition coefficient (Wildman–Crippen LogP) is 2.98. The molecule has 2 N–H and O–H groups in total. The lowest BCUT2D eigenvalue weighted by molar-refractivity contribution is 0.281. The van der Waals surface area contributed by atoms with Crippen LogP contribution >= 0.6 is 11.3 Å². The smallest absolute Gasteiger partial charge is 0.241 e. The van der Waals surface area contributed by atoms with E-state index in [4.69, 9.17) is 0 Å². The molecule has 6 heteroatoms. The first-order valence-electron chi connectivity index (χ1n) is 6.74. The highest BCUT2D eigenvalue weighted by atomic mass is 32.2. The molecular formula is C15H19NO3S2. The van der Waals surface area contributed by atoms with Crippen LogP contribution in [-0.2, 0) is 16.6 Å². The van der Waals surface area contributed by atoms with Crippen LogP contribution in [0.2, 0.25) is 0 Å². The molecule has 0 aliphatic carbocycles. The van der Waals surface area contributed by atoms with Crippen molar-refractivity contribution >= 4 is 21.4 Å². The third-order valence-electron chi connectivity index (χ3n) is 3.32. The Bertz CT molecular complexity index is 694. The normalized spacial score (nSPS) is 13.3. The number of aliphatic hydroxyl groups excluding tert-OH is 1. The lowest BCUT2D eigenvalue weighted by Crippen LogP contribution is -2.28. The van der Waals surface area contributed by atoms with Gasteiger partial charge in [0.2, 0.25) is 10.0 Å². The fourth-order valence-electron chi connectivity index (χ4n) is 2.12. The lowest BCUT2D eigenvalue weighted by atomic mass is 10.2. The highest BCUT2D eigenvalue weighted by molar-refractivity contribution is 7.89. The summed E-state index contributed by atoms with van der Waals surface area (Å²) in [6.45, 7) is 3.52. The molecule has 114 valence electrons. The summed E-state index contributed by atoms with van der Waals surface area (Å²) in [7, 11) is -3.62. The van der Waals surface area contributed by atoms with E-state index in [1.54, 1.807) is 19.1 Å². The lowest BCUT2D eigenvalue weighted by Gasteiger charge is -2.17. The molecule has 0 fully saturated rings. The molecule has 1 heterocycles. The van der Waals surface area contributed by atoms with Gasteiger partial charge in [-0.05, 0) is 42.0 Å². The molecule has 1 atom stereocenters. The number of nitrogens with one attached hydrogen (secondary N) is 1. The van der Waals surface area contributed by atoms with Crippen LogP contribution in [0.5, 0.6) is 0 Å². The summed E-state index contributed by atoms with van der Waals surface area (Å²) in [5.41, 5.74) is 1.26. The zero-order chi connectivity index (χ0) is 15.5. The number of hydrogen-bond donors (Lipinski definition) is 2. The van der Waals surface area contributed by atoms with Crippen molar-refractivity contribution in [3.8, 4) is 0 Å². The van der Waals surface area contributed by atoms with E-state index in [-0.39, 0.29) is 17.5 Å². The maximum Gasteiger partial charge on any atom is 0.241 e. The van der Waals surface area contributed by atoms with E-state index < -0.39 is 10.0 Å². The first-order valence-corrected chi connectivity index (χ1v) is 9.10. The topological polar surface area (TPSA) is 66.4 Å². The van der Waals surface area contributed by atoms with Gasteiger partial charge in [-0.3, -0.25) is 0 Å². The first-order chi connectivity index (χ1) is 9.97. The van der Waals surface area contributed by atoms with Crippen molar-refractivity contribution in [3.05, 3.63) is 51.7 Å². The van der Waals surface area contributed by atoms with Crippen LogP contribution in [0, 0.1) is 6.92 Å². The maximum atomic E-state index is 12.6. The number of sulfonamides is 1. The Labute approximate surface area is 129 Å². The minimum Gasteiger partial charge on any atom is -0.392 e. The molecule has 1 aromatic heterocycles. The Morgan fingerprint density at radius 2 is 2.10 bits per heavy atom. The zero-order valence-electron chi connectivity index (χ0n) is 12.0. The Morgan fingerprint density at radius 3 is 2.67 bits per heavy atom. The molecular weight excluding hydrogens is 306 g/mol. The second kappa shape index (κ2) is 6.70. The van der Waals surface area contributed by atoms with Crippen molar-refractivity contribution in [2.45, 2.75) is 37.8 Å². The van der Waals surface area contributed by atoms with Crippen LogP contribution in [-0.4, -0.2) is 13.5 Å². The average Bonchev–Trinajstić information content (AvgIpc) is 2.99. The van der Waals surface area contributed by atoms with Gasteiger partial charge in [-0.1, -0.05) is 25.1 Å². The predicted molar refractivity (Wildman–Crippen MR) is 84.8 cm³/mol. The van der Waals surface area contributed by atoms with Gasteiger partial charge in [-0.2, -0.15) is 0 Å². The van der Waals surface area contributed by atoms with E-state index in [0.29, 0.717) is 17.5 Å². The molecule has 0 amide bonds. The summed E-state index contributed by atoms with van der Waals surface area (Å²) in [4.78, 5) is 1.22. The van der Waals surface area contributed by atoms with Gasteiger partial charge >= 0.3 is 0 Å². The maximum absolute atomic E-state index is 12.6. The second-order valence-corrected chi connectivity index (χ2v) is 7.52. The van der Waals surface area contributed by atoms with E-state index in [2.05, 4.69) is 4.72 Å². The van der Waals surface area contributed by atoms with Gasteiger partial charge in [-0.15, -0.1) is 11.3 Å². The number of rotatable bonds is 6. The molecule has 21 heavy (non-hydrogen) atoms. The molecule has 0 saturated heterocycles. The Hall–Kier alpha value is -1.21. The number of benzene rings is 1. The molecule has 4 nitrogen and oxygen atoms in total. The average molecular weight is 325 g/mol. The van der Waals surface area contributed by atoms with E-state index >= 15 is 0 Å². The van der Waals surface area contributed by atoms with Crippen molar-refractivity contribution in [2.24, 2.45) is 0 Å². The molecule has 1 unspecified atom stereocenters. The molecule has 0 spiro atoms. The van der Waals surface area contributed by atoms with Crippen molar-refractivity contribution in [2.75, 3.05) is 0 Å². The van der Waals surface area contributed by atoms with Gasteiger partial charge in [0.25, 0.3) is 0 Å². The van der Waals surface area contributed by atoms with Crippen molar-refractivity contribution in [1.82, 2.24) is 4.72 Å². The highest BCUT2D eigenvalue weighted by Crippen LogP contribution is 2.25. The summed E-state index contributed by atoms with van der Waals surface area (Å²) < 4.78 is 27.9. The van der Waals surface area contributed by atoms with Gasteiger partial charge < -0.3 is 5.11 Å². The van der Waals surface area contributed by atoms with Gasteiger partial charge in [0, 0.05) is 4.88 Å². The Kier molecular flexibility index (Phi) is 5.16. The van der Waals surface area contributed by atoms with Crippen LogP contribution in [0.25, 0.3) is 0 Å². The van der Waals surface area contributed by atoms with Gasteiger partial charge in [-0.25, -0.2) is 13.1 Å². The molecule has 0 bridgehead atoms. The number of hydrogen-bond acceptors (Lipinski definition) is 4. The minimum atomic E-state index is -3.62. The largest absolute Gasteiger partial charge is 0.392 e. The van der Waals surface area contributed by atoms with Crippen LogP contribution in [0.3, 0.4) is 0 Å². The number of aliphatic hydroxyl groups is 1. The van der Waals surface area contributed by atoms with Gasteiger partial charge in [0.15, 0.2) is 0 Å². The Morgan fingerprint density at radius 1 is 1.33 bits per heavy atom. The van der Waals surface area contributed by atoms with Crippen LogP contribution in [0.4, 0.5) is 0 Å². The van der Waals surface area contributed by atoms with Crippen molar-refractivity contribution in [1.29, 1.82) is 0 Å². The number of aryl methyl sites for hydroxylation is 1. The first kappa shape index (κ1) is 16.2. The Balaban J connectivity index is 2.34. The molecule has 2 aromatic rings. The monoisotopic (exact) mass is 325 g/mol. The summed E-state index contributed by atoms with van der Waals surface area (Å²) in [6, 6.07) is 8.58. The molecule has 1 aromatic carbocycles. The van der Waals surface area contributed by atoms with Gasteiger partial charge in [0.1, 0.15) is 0 Å². The summed E-state index contributed by atoms with van der Waals surface area (Å²) in [5.74, 6) is 0. The molecule has 0 radical (unpaired) electrons. The second-order valence-electron chi connectivity index (χ2n) is 4.86. The zero-order valence-corrected chi connectivity index (χ0v) is 13.7. The summed E-state index contributed by atoms with van der Waals surface area (Å²) in [6.07, 6.45) is 0.679. The minimum absolute atomic E-state index is 0.176.